The van der Waals surface area contributed by atoms with Crippen molar-refractivity contribution in [2.75, 3.05) is 31.6 Å². The highest BCUT2D eigenvalue weighted by atomic mass is 16.5. The van der Waals surface area contributed by atoms with E-state index >= 15 is 0 Å². The summed E-state index contributed by atoms with van der Waals surface area (Å²) in [6.45, 7) is 0.659. The largest absolute Gasteiger partial charge is 0.484 e. The second kappa shape index (κ2) is 7.62. The molecule has 124 valence electrons. The number of hydrogen-bond donors (Lipinski definition) is 1. The number of ether oxygens (including phenoxy) is 1. The molecule has 0 aliphatic carbocycles. The van der Waals surface area contributed by atoms with E-state index in [-0.39, 0.29) is 31.4 Å². The predicted molar refractivity (Wildman–Crippen MR) is 83.4 cm³/mol. The predicted octanol–water partition coefficient (Wildman–Crippen LogP) is 1.13. The number of benzene rings is 1. The Balaban J connectivity index is 1.89. The van der Waals surface area contributed by atoms with Gasteiger partial charge in [-0.05, 0) is 18.6 Å². The Morgan fingerprint density at radius 2 is 2.17 bits per heavy atom. The summed E-state index contributed by atoms with van der Waals surface area (Å²) < 4.78 is 5.45. The Morgan fingerprint density at radius 1 is 1.39 bits per heavy atom. The van der Waals surface area contributed by atoms with Crippen molar-refractivity contribution in [1.29, 1.82) is 0 Å². The molecule has 1 aromatic rings. The normalized spacial score (nSPS) is 14.0. The molecule has 1 aliphatic rings. The Morgan fingerprint density at radius 3 is 2.83 bits per heavy atom. The highest BCUT2D eigenvalue weighted by Gasteiger charge is 2.22. The van der Waals surface area contributed by atoms with Gasteiger partial charge in [0.15, 0.2) is 6.61 Å². The van der Waals surface area contributed by atoms with Crippen molar-refractivity contribution in [2.45, 2.75) is 19.3 Å². The Hall–Kier alpha value is -2.57. The van der Waals surface area contributed by atoms with Gasteiger partial charge in [-0.3, -0.25) is 14.4 Å². The molecule has 1 saturated heterocycles. The summed E-state index contributed by atoms with van der Waals surface area (Å²) in [7, 11) is 1.54. The number of nitrogens with zero attached hydrogens (tertiary/aromatic N) is 2. The number of carboxylic acid groups (broad SMARTS) is 1. The summed E-state index contributed by atoms with van der Waals surface area (Å²) in [6.07, 6.45) is 1.30. The lowest BCUT2D eigenvalue weighted by atomic mass is 10.3. The minimum absolute atomic E-state index is 0.0895. The van der Waals surface area contributed by atoms with E-state index in [4.69, 9.17) is 9.84 Å². The van der Waals surface area contributed by atoms with E-state index < -0.39 is 5.97 Å². The van der Waals surface area contributed by atoms with Gasteiger partial charge in [-0.25, -0.2) is 0 Å². The standard InChI is InChI=1S/C16H20N2O5/c1-17(9-7-16(21)22)15(20)11-23-13-5-2-4-12(10-13)18-8-3-6-14(18)19/h2,4-5,10H,3,6-9,11H2,1H3,(H,21,22). The van der Waals surface area contributed by atoms with Crippen LogP contribution in [0, 0.1) is 0 Å². The number of aliphatic carboxylic acids is 1. The zero-order valence-corrected chi connectivity index (χ0v) is 13.0. The number of amides is 2. The van der Waals surface area contributed by atoms with Gasteiger partial charge < -0.3 is 19.6 Å². The van der Waals surface area contributed by atoms with Crippen LogP contribution in [0.15, 0.2) is 24.3 Å². The molecule has 23 heavy (non-hydrogen) atoms. The van der Waals surface area contributed by atoms with Crippen LogP contribution < -0.4 is 9.64 Å². The van der Waals surface area contributed by atoms with Gasteiger partial charge in [0.1, 0.15) is 5.75 Å². The quantitative estimate of drug-likeness (QED) is 0.813. The van der Waals surface area contributed by atoms with Crippen molar-refractivity contribution < 1.29 is 24.2 Å². The molecule has 0 radical (unpaired) electrons. The van der Waals surface area contributed by atoms with Gasteiger partial charge >= 0.3 is 5.97 Å². The number of carbonyl (C=O) groups excluding carboxylic acids is 2. The number of anilines is 1. The van der Waals surface area contributed by atoms with Gasteiger partial charge in [-0.15, -0.1) is 0 Å². The van der Waals surface area contributed by atoms with E-state index in [0.717, 1.165) is 12.1 Å². The van der Waals surface area contributed by atoms with E-state index in [1.165, 1.54) is 11.9 Å². The maximum Gasteiger partial charge on any atom is 0.305 e. The fourth-order valence-corrected chi connectivity index (χ4v) is 2.31. The lowest BCUT2D eigenvalue weighted by Crippen LogP contribution is -2.33. The van der Waals surface area contributed by atoms with Gasteiger partial charge in [0.25, 0.3) is 5.91 Å². The molecule has 7 nitrogen and oxygen atoms in total. The molecular weight excluding hydrogens is 300 g/mol. The molecule has 1 fully saturated rings. The van der Waals surface area contributed by atoms with E-state index in [1.807, 2.05) is 6.07 Å². The first-order valence-electron chi connectivity index (χ1n) is 7.46. The Labute approximate surface area is 134 Å². The van der Waals surface area contributed by atoms with E-state index in [9.17, 15) is 14.4 Å². The van der Waals surface area contributed by atoms with Crippen LogP contribution in [0.25, 0.3) is 0 Å². The fourth-order valence-electron chi connectivity index (χ4n) is 2.31. The van der Waals surface area contributed by atoms with Gasteiger partial charge in [0.2, 0.25) is 5.91 Å². The maximum atomic E-state index is 11.9. The van der Waals surface area contributed by atoms with Crippen LogP contribution in [0.5, 0.6) is 5.75 Å². The van der Waals surface area contributed by atoms with Crippen molar-refractivity contribution in [3.05, 3.63) is 24.3 Å². The zero-order chi connectivity index (χ0) is 16.8. The Kier molecular flexibility index (Phi) is 5.56. The minimum atomic E-state index is -0.950. The summed E-state index contributed by atoms with van der Waals surface area (Å²) in [6, 6.07) is 7.05. The summed E-state index contributed by atoms with van der Waals surface area (Å²) in [5.74, 6) is -0.656. The summed E-state index contributed by atoms with van der Waals surface area (Å²) in [5, 5.41) is 8.61. The molecule has 2 amide bonds. The molecule has 1 N–H and O–H groups in total. The molecule has 1 aromatic carbocycles. The van der Waals surface area contributed by atoms with Gasteiger partial charge in [-0.1, -0.05) is 6.07 Å². The lowest BCUT2D eigenvalue weighted by molar-refractivity contribution is -0.138. The number of carbonyl (C=O) groups is 3. The first-order chi connectivity index (χ1) is 11.0. The van der Waals surface area contributed by atoms with Crippen LogP contribution in [0.3, 0.4) is 0 Å². The second-order valence-electron chi connectivity index (χ2n) is 5.39. The maximum absolute atomic E-state index is 11.9. The first-order valence-corrected chi connectivity index (χ1v) is 7.46. The zero-order valence-electron chi connectivity index (χ0n) is 13.0. The number of hydrogen-bond acceptors (Lipinski definition) is 4. The molecule has 1 heterocycles. The average Bonchev–Trinajstić information content (AvgIpc) is 2.96. The van der Waals surface area contributed by atoms with Gasteiger partial charge in [0, 0.05) is 38.3 Å². The van der Waals surface area contributed by atoms with Crippen molar-refractivity contribution in [2.24, 2.45) is 0 Å². The monoisotopic (exact) mass is 320 g/mol. The van der Waals surface area contributed by atoms with E-state index in [2.05, 4.69) is 0 Å². The smallest absolute Gasteiger partial charge is 0.305 e. The lowest BCUT2D eigenvalue weighted by Gasteiger charge is -2.18. The highest BCUT2D eigenvalue weighted by Crippen LogP contribution is 2.25. The fraction of sp³-hybridized carbons (Fsp3) is 0.438. The summed E-state index contributed by atoms with van der Waals surface area (Å²) in [4.78, 5) is 37.1. The van der Waals surface area contributed by atoms with Crippen LogP contribution in [-0.4, -0.2) is 54.5 Å². The molecule has 0 spiro atoms. The number of likely N-dealkylation sites (N-methyl/N-ethyl adjacent to an activating group) is 1. The van der Waals surface area contributed by atoms with E-state index in [0.29, 0.717) is 18.7 Å². The highest BCUT2D eigenvalue weighted by molar-refractivity contribution is 5.95. The topological polar surface area (TPSA) is 87.2 Å². The molecule has 0 unspecified atom stereocenters. The molecule has 7 heteroatoms. The van der Waals surface area contributed by atoms with Gasteiger partial charge in [0.05, 0.1) is 6.42 Å². The van der Waals surface area contributed by atoms with Crippen molar-refractivity contribution in [1.82, 2.24) is 4.90 Å². The molecular formula is C16H20N2O5. The summed E-state index contributed by atoms with van der Waals surface area (Å²) in [5.41, 5.74) is 0.761. The van der Waals surface area contributed by atoms with Crippen LogP contribution in [0.2, 0.25) is 0 Å². The number of carboxylic acids is 1. The number of rotatable bonds is 7. The first kappa shape index (κ1) is 16.8. The van der Waals surface area contributed by atoms with Crippen LogP contribution >= 0.6 is 0 Å². The summed E-state index contributed by atoms with van der Waals surface area (Å²) >= 11 is 0. The van der Waals surface area contributed by atoms with Crippen molar-refractivity contribution >= 4 is 23.5 Å². The van der Waals surface area contributed by atoms with Gasteiger partial charge in [-0.2, -0.15) is 0 Å². The second-order valence-corrected chi connectivity index (χ2v) is 5.39. The third-order valence-corrected chi connectivity index (χ3v) is 3.65. The molecule has 1 aliphatic heterocycles. The molecule has 0 saturated carbocycles. The van der Waals surface area contributed by atoms with Crippen LogP contribution in [-0.2, 0) is 14.4 Å². The third-order valence-electron chi connectivity index (χ3n) is 3.65. The van der Waals surface area contributed by atoms with E-state index in [1.54, 1.807) is 23.1 Å². The molecule has 0 aromatic heterocycles. The van der Waals surface area contributed by atoms with Crippen molar-refractivity contribution in [3.63, 3.8) is 0 Å². The van der Waals surface area contributed by atoms with Crippen LogP contribution in [0.1, 0.15) is 19.3 Å². The molecule has 0 bridgehead atoms. The van der Waals surface area contributed by atoms with Crippen molar-refractivity contribution in [3.8, 4) is 5.75 Å². The molecule has 2 rings (SSSR count). The third kappa shape index (κ3) is 4.70. The SMILES string of the molecule is CN(CCC(=O)O)C(=O)COc1cccc(N2CCCC2=O)c1. The Bertz CT molecular complexity index is 602. The average molecular weight is 320 g/mol. The molecule has 0 atom stereocenters. The minimum Gasteiger partial charge on any atom is -0.484 e. The van der Waals surface area contributed by atoms with Crippen LogP contribution in [0.4, 0.5) is 5.69 Å².